The van der Waals surface area contributed by atoms with Crippen LogP contribution in [0.2, 0.25) is 10.6 Å². The summed E-state index contributed by atoms with van der Waals surface area (Å²) in [7, 11) is 0. The summed E-state index contributed by atoms with van der Waals surface area (Å²) in [6, 6.07) is 0.779. The molecule has 0 spiro atoms. The third-order valence-corrected chi connectivity index (χ3v) is 3.75. The van der Waals surface area contributed by atoms with Gasteiger partial charge in [0.2, 0.25) is 0 Å². The zero-order valence-electron chi connectivity index (χ0n) is 6.26. The van der Waals surface area contributed by atoms with Crippen molar-refractivity contribution in [1.29, 1.82) is 0 Å². The van der Waals surface area contributed by atoms with Crippen molar-refractivity contribution in [3.63, 3.8) is 0 Å². The van der Waals surface area contributed by atoms with Crippen LogP contribution in [-0.4, -0.2) is 39.0 Å². The Kier molecular flexibility index (Phi) is 3.03. The first-order valence-corrected chi connectivity index (χ1v) is 6.05. The van der Waals surface area contributed by atoms with E-state index < -0.39 is 0 Å². The van der Waals surface area contributed by atoms with Crippen molar-refractivity contribution >= 4 is 15.0 Å². The van der Waals surface area contributed by atoms with Gasteiger partial charge in [-0.2, -0.15) is 0 Å². The molecule has 0 radical (unpaired) electrons. The van der Waals surface area contributed by atoms with E-state index in [9.17, 15) is 0 Å². The summed E-state index contributed by atoms with van der Waals surface area (Å²) in [6.07, 6.45) is 0. The van der Waals surface area contributed by atoms with Crippen molar-refractivity contribution in [3.8, 4) is 0 Å². The standard InChI is InChI=1S/C7H15NSe/c1-7(2)8-3-5-9-6-4-8/h7H,3-6H2,1-2H3. The van der Waals surface area contributed by atoms with Crippen LogP contribution in [0, 0.1) is 0 Å². The van der Waals surface area contributed by atoms with Crippen LogP contribution in [0.5, 0.6) is 0 Å². The molecule has 1 aliphatic rings. The fourth-order valence-corrected chi connectivity index (χ4v) is 3.05. The minimum absolute atomic E-state index is 0.779. The van der Waals surface area contributed by atoms with Crippen LogP contribution < -0.4 is 0 Å². The minimum atomic E-state index is 0.779. The van der Waals surface area contributed by atoms with Crippen molar-refractivity contribution in [3.05, 3.63) is 0 Å². The predicted octanol–water partition coefficient (Wildman–Crippen LogP) is 1.25. The summed E-state index contributed by atoms with van der Waals surface area (Å²) in [5.74, 6) is 0. The second-order valence-electron chi connectivity index (χ2n) is 2.74. The molecule has 1 saturated heterocycles. The van der Waals surface area contributed by atoms with Crippen LogP contribution >= 0.6 is 0 Å². The zero-order valence-corrected chi connectivity index (χ0v) is 7.97. The van der Waals surface area contributed by atoms with Gasteiger partial charge >= 0.3 is 63.5 Å². The van der Waals surface area contributed by atoms with Crippen LogP contribution in [0.25, 0.3) is 0 Å². The maximum absolute atomic E-state index is 2.57. The Hall–Kier alpha value is 0.479. The Morgan fingerprint density at radius 3 is 2.11 bits per heavy atom. The van der Waals surface area contributed by atoms with Crippen LogP contribution in [0.4, 0.5) is 0 Å². The topological polar surface area (TPSA) is 3.24 Å². The van der Waals surface area contributed by atoms with Crippen molar-refractivity contribution < 1.29 is 0 Å². The van der Waals surface area contributed by atoms with E-state index in [0.29, 0.717) is 0 Å². The van der Waals surface area contributed by atoms with E-state index in [0.717, 1.165) is 21.0 Å². The molecule has 9 heavy (non-hydrogen) atoms. The van der Waals surface area contributed by atoms with Crippen LogP contribution in [-0.2, 0) is 0 Å². The average Bonchev–Trinajstić information content (AvgIpc) is 1.90. The average molecular weight is 192 g/mol. The zero-order chi connectivity index (χ0) is 6.69. The van der Waals surface area contributed by atoms with Crippen molar-refractivity contribution in [2.24, 2.45) is 0 Å². The third kappa shape index (κ3) is 2.29. The van der Waals surface area contributed by atoms with Gasteiger partial charge in [0.25, 0.3) is 0 Å². The normalized spacial score (nSPS) is 23.0. The Bertz CT molecular complexity index is 77.0. The van der Waals surface area contributed by atoms with Gasteiger partial charge in [-0.15, -0.1) is 0 Å². The van der Waals surface area contributed by atoms with E-state index in [1.807, 2.05) is 0 Å². The van der Waals surface area contributed by atoms with Gasteiger partial charge < -0.3 is 0 Å². The molecule has 1 heterocycles. The van der Waals surface area contributed by atoms with E-state index in [1.54, 1.807) is 0 Å². The quantitative estimate of drug-likeness (QED) is 0.565. The third-order valence-electron chi connectivity index (χ3n) is 1.78. The van der Waals surface area contributed by atoms with Crippen LogP contribution in [0.1, 0.15) is 13.8 Å². The monoisotopic (exact) mass is 193 g/mol. The summed E-state index contributed by atoms with van der Waals surface area (Å²) in [5, 5.41) is 2.95. The molecule has 0 aromatic carbocycles. The SMILES string of the molecule is CC(C)N1CC[Se]CC1. The molecule has 1 rings (SSSR count). The summed E-state index contributed by atoms with van der Waals surface area (Å²) in [5.41, 5.74) is 0. The Morgan fingerprint density at radius 2 is 1.78 bits per heavy atom. The van der Waals surface area contributed by atoms with Gasteiger partial charge in [0.05, 0.1) is 0 Å². The fraction of sp³-hybridized carbons (Fsp3) is 1.00. The summed E-state index contributed by atoms with van der Waals surface area (Å²) in [6.45, 7) is 7.30. The Morgan fingerprint density at radius 1 is 1.22 bits per heavy atom. The van der Waals surface area contributed by atoms with Gasteiger partial charge in [-0.1, -0.05) is 0 Å². The molecule has 0 saturated carbocycles. The van der Waals surface area contributed by atoms with Gasteiger partial charge in [0, 0.05) is 0 Å². The van der Waals surface area contributed by atoms with Gasteiger partial charge in [0.15, 0.2) is 0 Å². The molecule has 0 aromatic heterocycles. The van der Waals surface area contributed by atoms with E-state index in [-0.39, 0.29) is 0 Å². The van der Waals surface area contributed by atoms with Gasteiger partial charge in [-0.05, 0) is 0 Å². The van der Waals surface area contributed by atoms with Gasteiger partial charge in [-0.3, -0.25) is 0 Å². The molecule has 1 nitrogen and oxygen atoms in total. The summed E-state index contributed by atoms with van der Waals surface area (Å²) in [4.78, 5) is 2.57. The molecule has 0 unspecified atom stereocenters. The molecule has 0 aliphatic carbocycles. The van der Waals surface area contributed by atoms with Crippen molar-refractivity contribution in [1.82, 2.24) is 4.90 Å². The number of rotatable bonds is 1. The Labute approximate surface area is 64.0 Å². The first-order valence-electron chi connectivity index (χ1n) is 3.62. The number of hydrogen-bond acceptors (Lipinski definition) is 1. The van der Waals surface area contributed by atoms with Crippen molar-refractivity contribution in [2.75, 3.05) is 13.1 Å². The second kappa shape index (κ2) is 3.60. The molecular weight excluding hydrogens is 177 g/mol. The first kappa shape index (κ1) is 7.58. The molecule has 0 atom stereocenters. The molecule has 0 aromatic rings. The molecule has 54 valence electrons. The van der Waals surface area contributed by atoms with Crippen LogP contribution in [0.3, 0.4) is 0 Å². The van der Waals surface area contributed by atoms with E-state index >= 15 is 0 Å². The van der Waals surface area contributed by atoms with Gasteiger partial charge in [0.1, 0.15) is 0 Å². The molecule has 0 amide bonds. The van der Waals surface area contributed by atoms with E-state index in [2.05, 4.69) is 18.7 Å². The Balaban J connectivity index is 2.23. The molecule has 1 fully saturated rings. The van der Waals surface area contributed by atoms with Crippen molar-refractivity contribution in [2.45, 2.75) is 30.5 Å². The summed E-state index contributed by atoms with van der Waals surface area (Å²) >= 11 is 0.978. The first-order chi connectivity index (χ1) is 4.30. The van der Waals surface area contributed by atoms with Crippen LogP contribution in [0.15, 0.2) is 0 Å². The molecule has 0 bridgehead atoms. The maximum atomic E-state index is 2.57. The van der Waals surface area contributed by atoms with E-state index in [4.69, 9.17) is 0 Å². The van der Waals surface area contributed by atoms with E-state index in [1.165, 1.54) is 23.7 Å². The molecular formula is C7H15NSe. The predicted molar refractivity (Wildman–Crippen MR) is 42.1 cm³/mol. The summed E-state index contributed by atoms with van der Waals surface area (Å²) < 4.78 is 0. The molecule has 0 N–H and O–H groups in total. The fourth-order valence-electron chi connectivity index (χ4n) is 1.09. The van der Waals surface area contributed by atoms with Gasteiger partial charge in [-0.25, -0.2) is 0 Å². The number of hydrogen-bond donors (Lipinski definition) is 0. The number of nitrogens with zero attached hydrogens (tertiary/aromatic N) is 1. The molecule has 1 aliphatic heterocycles. The second-order valence-corrected chi connectivity index (χ2v) is 5.31. The molecule has 2 heteroatoms.